The molecule has 1 saturated heterocycles. The number of carbonyl (C=O) groups is 1. The van der Waals surface area contributed by atoms with E-state index in [1.807, 2.05) is 76.4 Å². The number of aliphatic imine (C=N–C) groups is 1. The SMILES string of the molecule is CN1CCN(C2=Nc3cc(Cl)ccc3N(NC(=O)c3ccccc3-n3ccnc3)c3ccccc32)CC1. The molecule has 37 heavy (non-hydrogen) atoms. The van der Waals surface area contributed by atoms with Gasteiger partial charge in [0.1, 0.15) is 5.84 Å². The van der Waals surface area contributed by atoms with Gasteiger partial charge in [-0.25, -0.2) is 9.98 Å². The average molecular weight is 512 g/mol. The molecule has 2 aliphatic rings. The Hall–Kier alpha value is -4.14. The summed E-state index contributed by atoms with van der Waals surface area (Å²) < 4.78 is 1.83. The third-order valence-electron chi connectivity index (χ3n) is 6.74. The fourth-order valence-corrected chi connectivity index (χ4v) is 4.94. The van der Waals surface area contributed by atoms with E-state index in [0.29, 0.717) is 16.3 Å². The van der Waals surface area contributed by atoms with Crippen molar-refractivity contribution in [1.29, 1.82) is 0 Å². The van der Waals surface area contributed by atoms with Gasteiger partial charge in [-0.2, -0.15) is 0 Å². The molecule has 0 saturated carbocycles. The molecule has 186 valence electrons. The minimum Gasteiger partial charge on any atom is -0.353 e. The van der Waals surface area contributed by atoms with Gasteiger partial charge < -0.3 is 14.4 Å². The van der Waals surface area contributed by atoms with Crippen molar-refractivity contribution < 1.29 is 4.79 Å². The van der Waals surface area contributed by atoms with E-state index in [1.54, 1.807) is 12.5 Å². The van der Waals surface area contributed by atoms with E-state index in [2.05, 4.69) is 33.3 Å². The van der Waals surface area contributed by atoms with Gasteiger partial charge in [0.25, 0.3) is 5.91 Å². The van der Waals surface area contributed by atoms with Crippen molar-refractivity contribution in [3.8, 4) is 5.69 Å². The lowest BCUT2D eigenvalue weighted by Crippen LogP contribution is -2.47. The number of anilines is 2. The quantitative estimate of drug-likeness (QED) is 0.433. The van der Waals surface area contributed by atoms with Crippen LogP contribution in [0.1, 0.15) is 15.9 Å². The molecule has 2 aliphatic heterocycles. The van der Waals surface area contributed by atoms with Crippen LogP contribution in [0.15, 0.2) is 90.4 Å². The van der Waals surface area contributed by atoms with Gasteiger partial charge >= 0.3 is 0 Å². The number of nitrogens with one attached hydrogen (secondary N) is 1. The number of rotatable bonds is 3. The van der Waals surface area contributed by atoms with Crippen LogP contribution in [0.5, 0.6) is 0 Å². The predicted octanol–water partition coefficient (Wildman–Crippen LogP) is 4.65. The lowest BCUT2D eigenvalue weighted by atomic mass is 10.1. The van der Waals surface area contributed by atoms with Gasteiger partial charge in [0.05, 0.1) is 34.6 Å². The van der Waals surface area contributed by atoms with Crippen LogP contribution in [-0.4, -0.2) is 64.3 Å². The van der Waals surface area contributed by atoms with Crippen molar-refractivity contribution in [1.82, 2.24) is 24.8 Å². The molecule has 0 spiro atoms. The molecule has 9 heteroatoms. The van der Waals surface area contributed by atoms with Crippen molar-refractivity contribution in [2.45, 2.75) is 0 Å². The first-order chi connectivity index (χ1) is 18.1. The van der Waals surface area contributed by atoms with Gasteiger partial charge in [0.2, 0.25) is 0 Å². The molecule has 3 aromatic carbocycles. The van der Waals surface area contributed by atoms with Crippen molar-refractivity contribution >= 4 is 40.4 Å². The van der Waals surface area contributed by atoms with Crippen LogP contribution in [0.25, 0.3) is 5.69 Å². The first-order valence-corrected chi connectivity index (χ1v) is 12.6. The topological polar surface area (TPSA) is 69.0 Å². The molecule has 1 N–H and O–H groups in total. The monoisotopic (exact) mass is 511 g/mol. The summed E-state index contributed by atoms with van der Waals surface area (Å²) >= 11 is 6.42. The van der Waals surface area contributed by atoms with Crippen molar-refractivity contribution in [2.24, 2.45) is 4.99 Å². The predicted molar refractivity (Wildman–Crippen MR) is 146 cm³/mol. The van der Waals surface area contributed by atoms with E-state index >= 15 is 0 Å². The number of aromatic nitrogens is 2. The van der Waals surface area contributed by atoms with Gasteiger partial charge in [0.15, 0.2) is 0 Å². The van der Waals surface area contributed by atoms with E-state index in [4.69, 9.17) is 16.6 Å². The maximum atomic E-state index is 13.8. The van der Waals surface area contributed by atoms with Gasteiger partial charge in [-0.15, -0.1) is 0 Å². The Morgan fingerprint density at radius 2 is 1.68 bits per heavy atom. The summed E-state index contributed by atoms with van der Waals surface area (Å²) in [6.07, 6.45) is 5.19. The lowest BCUT2D eigenvalue weighted by Gasteiger charge is -2.35. The van der Waals surface area contributed by atoms with Crippen molar-refractivity contribution in [3.63, 3.8) is 0 Å². The van der Waals surface area contributed by atoms with Crippen molar-refractivity contribution in [2.75, 3.05) is 38.2 Å². The Kier molecular flexibility index (Phi) is 6.12. The van der Waals surface area contributed by atoms with Crippen LogP contribution in [0.4, 0.5) is 17.1 Å². The lowest BCUT2D eigenvalue weighted by molar-refractivity contribution is 0.0954. The zero-order valence-corrected chi connectivity index (χ0v) is 21.1. The highest BCUT2D eigenvalue weighted by Gasteiger charge is 2.29. The number of carbonyl (C=O) groups excluding carboxylic acids is 1. The molecule has 8 nitrogen and oxygen atoms in total. The summed E-state index contributed by atoms with van der Waals surface area (Å²) in [5.41, 5.74) is 7.65. The average Bonchev–Trinajstić information content (AvgIpc) is 3.42. The number of benzene rings is 3. The molecule has 1 amide bonds. The molecule has 1 fully saturated rings. The first kappa shape index (κ1) is 23.3. The smallest absolute Gasteiger partial charge is 0.272 e. The standard InChI is InChI=1S/C28H26ClN7O/c1-33-14-16-34(17-15-33)27-21-6-2-5-9-25(21)36(26-11-10-20(29)18-23(26)31-27)32-28(37)22-7-3-4-8-24(22)35-13-12-30-19-35/h2-13,18-19H,14-17H2,1H3,(H,32,37). The Balaban J connectivity index is 1.44. The third kappa shape index (κ3) is 4.45. The molecule has 4 aromatic rings. The number of hydrazine groups is 1. The summed E-state index contributed by atoms with van der Waals surface area (Å²) in [5.74, 6) is 0.630. The second-order valence-corrected chi connectivity index (χ2v) is 9.58. The van der Waals surface area contributed by atoms with E-state index in [9.17, 15) is 4.79 Å². The van der Waals surface area contributed by atoms with Crippen LogP contribution >= 0.6 is 11.6 Å². The number of piperazine rings is 1. The Labute approximate surface area is 220 Å². The van der Waals surface area contributed by atoms with Crippen LogP contribution in [-0.2, 0) is 0 Å². The van der Waals surface area contributed by atoms with Gasteiger partial charge in [-0.05, 0) is 49.5 Å². The summed E-state index contributed by atoms with van der Waals surface area (Å²) in [4.78, 5) is 27.7. The maximum absolute atomic E-state index is 13.8. The van der Waals surface area contributed by atoms with Crippen LogP contribution < -0.4 is 10.4 Å². The largest absolute Gasteiger partial charge is 0.353 e. The number of imidazole rings is 1. The summed E-state index contributed by atoms with van der Waals surface area (Å²) in [6, 6.07) is 21.1. The first-order valence-electron chi connectivity index (χ1n) is 12.2. The number of likely N-dealkylation sites (N-methyl/N-ethyl adjacent to an activating group) is 1. The summed E-state index contributed by atoms with van der Waals surface area (Å²) in [7, 11) is 2.13. The second-order valence-electron chi connectivity index (χ2n) is 9.14. The molecule has 0 bridgehead atoms. The highest BCUT2D eigenvalue weighted by Crippen LogP contribution is 2.40. The third-order valence-corrected chi connectivity index (χ3v) is 6.97. The molecule has 0 radical (unpaired) electrons. The van der Waals surface area contributed by atoms with E-state index < -0.39 is 0 Å². The summed E-state index contributed by atoms with van der Waals surface area (Å²) in [5, 5.41) is 2.41. The molecular formula is C28H26ClN7O. The number of hydrogen-bond acceptors (Lipinski definition) is 6. The van der Waals surface area contributed by atoms with Crippen molar-refractivity contribution in [3.05, 3.63) is 102 Å². The Morgan fingerprint density at radius 1 is 0.919 bits per heavy atom. The number of amidine groups is 1. The molecule has 3 heterocycles. The fraction of sp³-hybridized carbons (Fsp3) is 0.179. The van der Waals surface area contributed by atoms with E-state index in [-0.39, 0.29) is 5.91 Å². The minimum absolute atomic E-state index is 0.247. The number of fused-ring (bicyclic) bond motifs is 2. The Bertz CT molecular complexity index is 1480. The van der Waals surface area contributed by atoms with E-state index in [1.165, 1.54) is 0 Å². The van der Waals surface area contributed by atoms with E-state index in [0.717, 1.165) is 54.6 Å². The molecule has 0 atom stereocenters. The zero-order chi connectivity index (χ0) is 25.4. The number of hydrogen-bond donors (Lipinski definition) is 1. The number of nitrogens with zero attached hydrogens (tertiary/aromatic N) is 6. The fourth-order valence-electron chi connectivity index (χ4n) is 4.77. The normalized spacial score (nSPS) is 15.5. The van der Waals surface area contributed by atoms with Crippen LogP contribution in [0.3, 0.4) is 0 Å². The van der Waals surface area contributed by atoms with Crippen LogP contribution in [0, 0.1) is 0 Å². The maximum Gasteiger partial charge on any atom is 0.272 e. The highest BCUT2D eigenvalue weighted by molar-refractivity contribution is 6.31. The highest BCUT2D eigenvalue weighted by atomic mass is 35.5. The number of para-hydroxylation sites is 2. The minimum atomic E-state index is -0.247. The Morgan fingerprint density at radius 3 is 2.46 bits per heavy atom. The number of amides is 1. The molecule has 0 aliphatic carbocycles. The second kappa shape index (κ2) is 9.72. The zero-order valence-electron chi connectivity index (χ0n) is 20.4. The van der Waals surface area contributed by atoms with Gasteiger partial charge in [0, 0.05) is 49.2 Å². The number of halogens is 1. The molecular weight excluding hydrogens is 486 g/mol. The molecule has 0 unspecified atom stereocenters. The molecule has 1 aromatic heterocycles. The summed E-state index contributed by atoms with van der Waals surface area (Å²) in [6.45, 7) is 3.64. The van der Waals surface area contributed by atoms with Gasteiger partial charge in [-0.3, -0.25) is 15.2 Å². The molecule has 6 rings (SSSR count). The van der Waals surface area contributed by atoms with Crippen LogP contribution in [0.2, 0.25) is 5.02 Å². The van der Waals surface area contributed by atoms with Gasteiger partial charge in [-0.1, -0.05) is 35.9 Å².